The number of guanidine groups is 1. The lowest BCUT2D eigenvalue weighted by Crippen LogP contribution is -2.52. The number of likely N-dealkylation sites (tertiary alicyclic amines) is 1. The number of nitrogens with one attached hydrogen (secondary N) is 1. The van der Waals surface area contributed by atoms with Gasteiger partial charge >= 0.3 is 0 Å². The summed E-state index contributed by atoms with van der Waals surface area (Å²) in [5.74, 6) is 1.11. The highest BCUT2D eigenvalue weighted by Gasteiger charge is 2.37. The molecule has 134 valence electrons. The van der Waals surface area contributed by atoms with Crippen LogP contribution in [0.4, 0.5) is 0 Å². The number of ether oxygens (including phenoxy) is 1. The van der Waals surface area contributed by atoms with Gasteiger partial charge in [0.1, 0.15) is 0 Å². The lowest BCUT2D eigenvalue weighted by Gasteiger charge is -2.45. The van der Waals surface area contributed by atoms with Crippen molar-refractivity contribution in [3.8, 4) is 0 Å². The fourth-order valence-corrected chi connectivity index (χ4v) is 4.41. The first-order chi connectivity index (χ1) is 11.1. The third-order valence-corrected chi connectivity index (χ3v) is 6.02. The second-order valence-corrected chi connectivity index (χ2v) is 8.08. The number of aliphatic imine (C=N–C) groups is 1. The Morgan fingerprint density at radius 1 is 1.22 bits per heavy atom. The number of methoxy groups -OCH3 is 1. The van der Waals surface area contributed by atoms with E-state index in [1.165, 1.54) is 51.4 Å². The zero-order chi connectivity index (χ0) is 16.8. The maximum Gasteiger partial charge on any atom is 0.193 e. The van der Waals surface area contributed by atoms with Gasteiger partial charge in [0.25, 0.3) is 0 Å². The largest absolute Gasteiger partial charge is 0.385 e. The highest BCUT2D eigenvalue weighted by molar-refractivity contribution is 5.80. The normalized spacial score (nSPS) is 27.7. The molecular formula is C19H37N3O. The second kappa shape index (κ2) is 8.36. The number of rotatable bonds is 7. The molecule has 0 bridgehead atoms. The molecule has 1 saturated heterocycles. The zero-order valence-corrected chi connectivity index (χ0v) is 15.8. The van der Waals surface area contributed by atoms with Crippen LogP contribution in [0, 0.1) is 10.8 Å². The van der Waals surface area contributed by atoms with Crippen LogP contribution in [0.3, 0.4) is 0 Å². The van der Waals surface area contributed by atoms with Gasteiger partial charge in [-0.25, -0.2) is 0 Å². The van der Waals surface area contributed by atoms with E-state index < -0.39 is 0 Å². The van der Waals surface area contributed by atoms with Crippen LogP contribution in [0.25, 0.3) is 0 Å². The Bertz CT molecular complexity index is 388. The first-order valence-corrected chi connectivity index (χ1v) is 9.51. The lowest BCUT2D eigenvalue weighted by molar-refractivity contribution is 0.0715. The average Bonchev–Trinajstić information content (AvgIpc) is 2.49. The molecule has 1 aliphatic carbocycles. The molecule has 1 N–H and O–H groups in total. The van der Waals surface area contributed by atoms with E-state index in [9.17, 15) is 0 Å². The molecular weight excluding hydrogens is 286 g/mol. The van der Waals surface area contributed by atoms with Crippen LogP contribution < -0.4 is 5.32 Å². The van der Waals surface area contributed by atoms with E-state index in [0.717, 1.165) is 32.2 Å². The molecule has 1 unspecified atom stereocenters. The van der Waals surface area contributed by atoms with Gasteiger partial charge in [-0.2, -0.15) is 0 Å². The van der Waals surface area contributed by atoms with Crippen molar-refractivity contribution >= 4 is 5.96 Å². The van der Waals surface area contributed by atoms with Crippen molar-refractivity contribution in [1.82, 2.24) is 10.2 Å². The van der Waals surface area contributed by atoms with Crippen molar-refractivity contribution in [2.45, 2.75) is 65.2 Å². The lowest BCUT2D eigenvalue weighted by atomic mass is 9.67. The minimum absolute atomic E-state index is 0.439. The van der Waals surface area contributed by atoms with E-state index in [1.54, 1.807) is 7.11 Å². The summed E-state index contributed by atoms with van der Waals surface area (Å²) in [7, 11) is 3.73. The van der Waals surface area contributed by atoms with E-state index in [-0.39, 0.29) is 0 Å². The van der Waals surface area contributed by atoms with E-state index in [1.807, 2.05) is 7.05 Å². The van der Waals surface area contributed by atoms with Gasteiger partial charge in [-0.05, 0) is 49.4 Å². The standard InChI is InChI=1S/C19H37N3O/c1-5-8-18(2)9-7-13-22(16-18)17(20-3)21-15-19(10-6-11-19)12-14-23-4/h5-16H2,1-4H3,(H,20,21). The number of piperidine rings is 1. The Hall–Kier alpha value is -0.770. The Morgan fingerprint density at radius 3 is 2.57 bits per heavy atom. The van der Waals surface area contributed by atoms with Crippen molar-refractivity contribution in [2.24, 2.45) is 15.8 Å². The van der Waals surface area contributed by atoms with Gasteiger partial charge in [-0.3, -0.25) is 4.99 Å². The molecule has 0 radical (unpaired) electrons. The molecule has 0 aromatic rings. The van der Waals surface area contributed by atoms with Gasteiger partial charge < -0.3 is 15.0 Å². The van der Waals surface area contributed by atoms with E-state index in [0.29, 0.717) is 10.8 Å². The summed E-state index contributed by atoms with van der Waals surface area (Å²) in [6.07, 6.45) is 10.4. The molecule has 4 heteroatoms. The molecule has 1 heterocycles. The molecule has 0 amide bonds. The van der Waals surface area contributed by atoms with Crippen LogP contribution in [-0.2, 0) is 4.74 Å². The summed E-state index contributed by atoms with van der Waals surface area (Å²) in [5.41, 5.74) is 0.892. The summed E-state index contributed by atoms with van der Waals surface area (Å²) >= 11 is 0. The van der Waals surface area contributed by atoms with Crippen LogP contribution in [0.1, 0.15) is 65.2 Å². The molecule has 1 aliphatic heterocycles. The fraction of sp³-hybridized carbons (Fsp3) is 0.947. The molecule has 23 heavy (non-hydrogen) atoms. The molecule has 1 saturated carbocycles. The van der Waals surface area contributed by atoms with Gasteiger partial charge in [0.2, 0.25) is 0 Å². The second-order valence-electron chi connectivity index (χ2n) is 8.08. The summed E-state index contributed by atoms with van der Waals surface area (Å²) < 4.78 is 5.31. The first kappa shape index (κ1) is 18.6. The van der Waals surface area contributed by atoms with E-state index in [2.05, 4.69) is 29.1 Å². The minimum Gasteiger partial charge on any atom is -0.385 e. The molecule has 0 aromatic carbocycles. The fourth-order valence-electron chi connectivity index (χ4n) is 4.41. The van der Waals surface area contributed by atoms with Crippen molar-refractivity contribution in [2.75, 3.05) is 40.4 Å². The van der Waals surface area contributed by atoms with Gasteiger partial charge in [0, 0.05) is 40.4 Å². The van der Waals surface area contributed by atoms with Crippen LogP contribution in [0.2, 0.25) is 0 Å². The summed E-state index contributed by atoms with van der Waals surface area (Å²) in [5, 5.41) is 3.69. The van der Waals surface area contributed by atoms with Crippen LogP contribution >= 0.6 is 0 Å². The average molecular weight is 324 g/mol. The Labute approximate surface area is 143 Å². The third kappa shape index (κ3) is 4.85. The van der Waals surface area contributed by atoms with E-state index in [4.69, 9.17) is 4.74 Å². The summed E-state index contributed by atoms with van der Waals surface area (Å²) in [4.78, 5) is 7.07. The van der Waals surface area contributed by atoms with Gasteiger partial charge in [-0.1, -0.05) is 26.7 Å². The Balaban J connectivity index is 1.89. The first-order valence-electron chi connectivity index (χ1n) is 9.51. The van der Waals surface area contributed by atoms with Crippen molar-refractivity contribution in [1.29, 1.82) is 0 Å². The summed E-state index contributed by atoms with van der Waals surface area (Å²) in [6.45, 7) is 8.95. The number of hydrogen-bond acceptors (Lipinski definition) is 2. The Kier molecular flexibility index (Phi) is 6.75. The Morgan fingerprint density at radius 2 is 2.00 bits per heavy atom. The highest BCUT2D eigenvalue weighted by Crippen LogP contribution is 2.43. The predicted molar refractivity (Wildman–Crippen MR) is 98.0 cm³/mol. The van der Waals surface area contributed by atoms with Crippen molar-refractivity contribution in [3.05, 3.63) is 0 Å². The minimum atomic E-state index is 0.439. The molecule has 0 aromatic heterocycles. The maximum atomic E-state index is 5.31. The molecule has 2 fully saturated rings. The van der Waals surface area contributed by atoms with Crippen molar-refractivity contribution in [3.63, 3.8) is 0 Å². The third-order valence-electron chi connectivity index (χ3n) is 6.02. The molecule has 2 rings (SSSR count). The monoisotopic (exact) mass is 323 g/mol. The van der Waals surface area contributed by atoms with Crippen molar-refractivity contribution < 1.29 is 4.74 Å². The van der Waals surface area contributed by atoms with E-state index >= 15 is 0 Å². The topological polar surface area (TPSA) is 36.9 Å². The van der Waals surface area contributed by atoms with Gasteiger partial charge in [0.15, 0.2) is 5.96 Å². The highest BCUT2D eigenvalue weighted by atomic mass is 16.5. The molecule has 1 atom stereocenters. The smallest absolute Gasteiger partial charge is 0.193 e. The van der Waals surface area contributed by atoms with Gasteiger partial charge in [-0.15, -0.1) is 0 Å². The van der Waals surface area contributed by atoms with Crippen LogP contribution in [-0.4, -0.2) is 51.3 Å². The quantitative estimate of drug-likeness (QED) is 0.574. The van der Waals surface area contributed by atoms with Crippen LogP contribution in [0.15, 0.2) is 4.99 Å². The number of hydrogen-bond donors (Lipinski definition) is 1. The molecule has 0 spiro atoms. The SMILES string of the molecule is CCCC1(C)CCCN(C(=NC)NCC2(CCOC)CCC2)C1. The molecule has 4 nitrogen and oxygen atoms in total. The van der Waals surface area contributed by atoms with Crippen LogP contribution in [0.5, 0.6) is 0 Å². The summed E-state index contributed by atoms with van der Waals surface area (Å²) in [6, 6.07) is 0. The predicted octanol–water partition coefficient (Wildman–Crippen LogP) is 3.67. The molecule has 2 aliphatic rings. The maximum absolute atomic E-state index is 5.31. The number of nitrogens with zero attached hydrogens (tertiary/aromatic N) is 2. The zero-order valence-electron chi connectivity index (χ0n) is 15.8. The van der Waals surface area contributed by atoms with Gasteiger partial charge in [0.05, 0.1) is 0 Å².